The van der Waals surface area contributed by atoms with Gasteiger partial charge < -0.3 is 90.2 Å². The van der Waals surface area contributed by atoms with E-state index in [-0.39, 0.29) is 87.5 Å². The molecular weight excluding hydrogens is 1870 g/mol. The van der Waals surface area contributed by atoms with Crippen molar-refractivity contribution in [1.29, 1.82) is 0 Å². The maximum Gasteiger partial charge on any atom is 0.243 e. The molecule has 0 spiro atoms. The summed E-state index contributed by atoms with van der Waals surface area (Å²) < 4.78 is 5.23. The Morgan fingerprint density at radius 1 is 0.283 bits per heavy atom. The summed E-state index contributed by atoms with van der Waals surface area (Å²) >= 11 is 0. The first-order chi connectivity index (χ1) is 68.7. The summed E-state index contributed by atoms with van der Waals surface area (Å²) in [4.78, 5) is 280. The van der Waals surface area contributed by atoms with Gasteiger partial charge in [0.05, 0.1) is 41.1 Å². The van der Waals surface area contributed by atoms with Crippen molar-refractivity contribution in [2.24, 2.45) is 53.3 Å². The Kier molecular flexibility index (Phi) is 43.5. The van der Waals surface area contributed by atoms with Gasteiger partial charge in [-0.25, -0.2) is 0 Å². The van der Waals surface area contributed by atoms with Crippen molar-refractivity contribution in [3.63, 3.8) is 0 Å². The van der Waals surface area contributed by atoms with Gasteiger partial charge in [0.1, 0.15) is 78.5 Å². The van der Waals surface area contributed by atoms with E-state index in [0.29, 0.717) is 97.9 Å². The zero-order valence-electron chi connectivity index (χ0n) is 85.5. The first-order valence-electron chi connectivity index (χ1n) is 49.2. The lowest BCUT2D eigenvalue weighted by molar-refractivity contribution is -0.136. The molecule has 16 amide bonds. The molecule has 8 rings (SSSR count). The van der Waals surface area contributed by atoms with Crippen LogP contribution in [0.15, 0.2) is 122 Å². The fourth-order valence-corrected chi connectivity index (χ4v) is 17.3. The van der Waals surface area contributed by atoms with Crippen LogP contribution in [-0.2, 0) is 122 Å². The summed E-state index contributed by atoms with van der Waals surface area (Å²) in [6.07, 6.45) is 7.57. The fourth-order valence-electron chi connectivity index (χ4n) is 17.3. The number of amides is 16. The first-order valence-corrected chi connectivity index (χ1v) is 49.2. The lowest BCUT2D eigenvalue weighted by Crippen LogP contribution is -2.61. The molecule has 0 saturated carbocycles. The zero-order chi connectivity index (χ0) is 107. The van der Waals surface area contributed by atoms with Crippen molar-refractivity contribution in [2.75, 3.05) is 26.2 Å². The third kappa shape index (κ3) is 32.4. The molecule has 4 heterocycles. The zero-order valence-corrected chi connectivity index (χ0v) is 85.5. The average Bonchev–Trinajstić information content (AvgIpc) is 1.66. The van der Waals surface area contributed by atoms with E-state index in [0.717, 1.165) is 0 Å². The van der Waals surface area contributed by atoms with Crippen LogP contribution in [0.25, 0.3) is 43.6 Å². The lowest BCUT2D eigenvalue weighted by atomic mass is 9.95. The number of rotatable bonds is 58. The Labute approximate surface area is 842 Å². The molecule has 0 radical (unpaired) electrons. The molecule has 4 aromatic carbocycles. The second-order valence-corrected chi connectivity index (χ2v) is 39.9. The molecule has 0 fully saturated rings. The second-order valence-electron chi connectivity index (χ2n) is 39.9. The molecule has 0 aliphatic rings. The third-order valence-electron chi connectivity index (χ3n) is 24.9. The molecule has 0 unspecified atom stereocenters. The van der Waals surface area contributed by atoms with E-state index in [1.54, 1.807) is 208 Å². The molecule has 4 aromatic heterocycles. The molecule has 784 valence electrons. The van der Waals surface area contributed by atoms with Crippen LogP contribution in [0.1, 0.15) is 173 Å². The molecule has 17 N–H and O–H groups in total. The fraction of sp³-hybridized carbons (Fsp3) is 0.500. The van der Waals surface area contributed by atoms with E-state index in [9.17, 15) is 77.0 Å². The van der Waals surface area contributed by atoms with Gasteiger partial charge in [0.15, 0.2) is 0 Å². The summed E-state index contributed by atoms with van der Waals surface area (Å²) in [5, 5.41) is 55.2. The highest BCUT2D eigenvalue weighted by Crippen LogP contribution is 2.29. The van der Waals surface area contributed by atoms with Gasteiger partial charge in [-0.05, 0) is 140 Å². The molecule has 145 heavy (non-hydrogen) atoms. The highest BCUT2D eigenvalue weighted by Gasteiger charge is 2.41. The Hall–Kier alpha value is -14.8. The maximum atomic E-state index is 15.8. The Bertz CT molecular complexity index is 5960. The second kappa shape index (κ2) is 54.6. The van der Waals surface area contributed by atoms with Crippen molar-refractivity contribution >= 4 is 164 Å². The van der Waals surface area contributed by atoms with Crippen LogP contribution in [-0.4, -0.2) is 249 Å². The number of aliphatic hydroxyl groups excluding tert-OH is 1. The number of para-hydroxylation sites is 4. The topological polar surface area (TPSA) is 574 Å². The lowest BCUT2D eigenvalue weighted by Gasteiger charge is -2.30. The Balaban J connectivity index is 1.03. The standard InChI is InChI=1S/C104H142N20O21/c1-56(2)37-75(111-91(132)64(17)109-86(131)46-107-101(142)87(60(9)10)108-51-126)95(136)110-65(18)92(133)118-89(62(13)14)103(144)120-90(63(15)16)104(145)119-88(61(11)12)102(143)106-45-66(41-67-47-121(52-127)82-31-23-19-27-71(67)82)93(134)112-76(38-57(3)4)96(137)116-80(43-69-49-123(54-129)84-33-25-21-29-73(69)84)99(140)114-78(40-59(7)8)98(139)117-81(44-70-50-124(55-130)85-34-26-22-30-74(70)85)100(141)113-77(39-58(5)6)97(138)115-79(94(135)105-35-36-125)42-68-48-122(53-128)83-32-24-20-28-72(68)83/h19-34,47-66,75-81,87-90,125H,35-46H2,1-18H3,(H,105,135)(H,106,143)(H,107,142)(H,108,126)(H,109,131)(H,110,136)(H,111,132)(H,112,134)(H,113,141)(H,114,140)(H,115,138)(H,116,137)(H,117,139)(H,118,133)(H,119,145)(H,120,144)/t64-,65-,66+,75+,76+,77+,78+,79-,80-,81-,87-,88+,89+,90-/m0/s1. The van der Waals surface area contributed by atoms with E-state index in [1.807, 2.05) is 0 Å². The number of carbonyl (C=O) groups excluding carboxylic acids is 20. The van der Waals surface area contributed by atoms with Gasteiger partial charge in [0, 0.05) is 78.7 Å². The highest BCUT2D eigenvalue weighted by atomic mass is 16.3. The van der Waals surface area contributed by atoms with Crippen molar-refractivity contribution in [1.82, 2.24) is 103 Å². The van der Waals surface area contributed by atoms with Gasteiger partial charge in [0.2, 0.25) is 121 Å². The van der Waals surface area contributed by atoms with Crippen LogP contribution >= 0.6 is 0 Å². The number of carbonyl (C=O) groups is 20. The number of nitrogens with one attached hydrogen (secondary N) is 16. The van der Waals surface area contributed by atoms with Crippen molar-refractivity contribution in [3.05, 3.63) is 144 Å². The minimum atomic E-state index is -1.64. The Morgan fingerprint density at radius 2 is 0.559 bits per heavy atom. The van der Waals surface area contributed by atoms with Gasteiger partial charge in [-0.2, -0.15) is 0 Å². The van der Waals surface area contributed by atoms with E-state index in [1.165, 1.54) is 56.9 Å². The van der Waals surface area contributed by atoms with E-state index < -0.39 is 211 Å². The van der Waals surface area contributed by atoms with Gasteiger partial charge in [-0.3, -0.25) is 114 Å². The maximum absolute atomic E-state index is 15.8. The predicted octanol–water partition coefficient (Wildman–Crippen LogP) is 2.67. The van der Waals surface area contributed by atoms with Crippen molar-refractivity contribution in [3.8, 4) is 0 Å². The predicted molar refractivity (Wildman–Crippen MR) is 545 cm³/mol. The van der Waals surface area contributed by atoms with Crippen LogP contribution < -0.4 is 85.1 Å². The van der Waals surface area contributed by atoms with Gasteiger partial charge in [-0.15, -0.1) is 0 Å². The van der Waals surface area contributed by atoms with Gasteiger partial charge in [0.25, 0.3) is 0 Å². The Morgan fingerprint density at radius 3 is 0.890 bits per heavy atom. The molecule has 41 nitrogen and oxygen atoms in total. The number of aliphatic hydroxyl groups is 1. The monoisotopic (exact) mass is 2010 g/mol. The number of nitrogens with zero attached hydrogens (tertiary/aromatic N) is 4. The summed E-state index contributed by atoms with van der Waals surface area (Å²) in [7, 11) is 0. The minimum Gasteiger partial charge on any atom is -0.395 e. The highest BCUT2D eigenvalue weighted by molar-refractivity contribution is 6.02. The molecule has 8 aromatic rings. The van der Waals surface area contributed by atoms with Crippen LogP contribution in [0.4, 0.5) is 0 Å². The van der Waals surface area contributed by atoms with E-state index >= 15 is 24.0 Å². The van der Waals surface area contributed by atoms with Crippen LogP contribution in [0.3, 0.4) is 0 Å². The van der Waals surface area contributed by atoms with Crippen LogP contribution in [0, 0.1) is 53.3 Å². The normalized spacial score (nSPS) is 14.5. The van der Waals surface area contributed by atoms with Gasteiger partial charge in [-0.1, -0.05) is 184 Å². The average molecular weight is 2010 g/mol. The first kappa shape index (κ1) is 115. The number of fused-ring (bicyclic) bond motifs is 4. The number of hydrogen-bond acceptors (Lipinski definition) is 21. The largest absolute Gasteiger partial charge is 0.395 e. The molecule has 0 bridgehead atoms. The summed E-state index contributed by atoms with van der Waals surface area (Å²) in [6, 6.07) is 9.64. The van der Waals surface area contributed by atoms with Crippen LogP contribution in [0.5, 0.6) is 0 Å². The van der Waals surface area contributed by atoms with Gasteiger partial charge >= 0.3 is 0 Å². The summed E-state index contributed by atoms with van der Waals surface area (Å²) in [5.74, 6) is -17.0. The number of hydrogen-bond donors (Lipinski definition) is 17. The molecular formula is C104H142N20O21. The molecule has 0 aliphatic carbocycles. The summed E-state index contributed by atoms with van der Waals surface area (Å²) in [6.45, 7) is 28.5. The molecule has 41 heteroatoms. The third-order valence-corrected chi connectivity index (χ3v) is 24.9. The smallest absolute Gasteiger partial charge is 0.243 e. The minimum absolute atomic E-state index is 0.0169. The number of benzene rings is 4. The van der Waals surface area contributed by atoms with E-state index in [4.69, 9.17) is 0 Å². The molecule has 0 aliphatic heterocycles. The van der Waals surface area contributed by atoms with Crippen molar-refractivity contribution < 1.29 is 101 Å². The molecule has 14 atom stereocenters. The summed E-state index contributed by atoms with van der Waals surface area (Å²) in [5.41, 5.74) is 3.65. The van der Waals surface area contributed by atoms with Crippen LogP contribution in [0.2, 0.25) is 0 Å². The number of aromatic nitrogens is 4. The SMILES string of the molecule is CC(C)C[C@@H](NC(=O)[C@@H](CNC(=O)[C@H](NC(=O)[C@@H](NC(=O)[C@H](NC(=O)[C@H](C)NC(=O)[C@@H](CC(C)C)NC(=O)[C@H](C)NC(=O)CNC(=O)[C@@H](NC=O)C(C)C)C(C)C)C(C)C)C(C)C)Cc1cn(C=O)c2ccccc12)C(=O)N[C@@H](Cc1cn(C=O)c2ccccc12)C(=O)N[C@H](CC(C)C)C(=O)N[C@@H](Cc1cn(C=O)c2ccccc12)C(=O)N[C@H](CC(C)C)C(=O)N[C@@H](Cc1cn(C=O)c2ccccc12)C(=O)NCCO. The van der Waals surface area contributed by atoms with Crippen molar-refractivity contribution in [2.45, 2.75) is 255 Å². The quantitative estimate of drug-likeness (QED) is 0.0244. The molecule has 0 saturated heterocycles. The van der Waals surface area contributed by atoms with E-state index in [2.05, 4.69) is 85.1 Å².